The first-order valence-electron chi connectivity index (χ1n) is 8.86. The Morgan fingerprint density at radius 1 is 1.34 bits per heavy atom. The summed E-state index contributed by atoms with van der Waals surface area (Å²) in [4.78, 5) is 20.6. The summed E-state index contributed by atoms with van der Waals surface area (Å²) in [5.41, 5.74) is 5.50. The van der Waals surface area contributed by atoms with Crippen molar-refractivity contribution >= 4 is 17.6 Å². The summed E-state index contributed by atoms with van der Waals surface area (Å²) in [7, 11) is 0. The van der Waals surface area contributed by atoms with E-state index in [1.54, 1.807) is 0 Å². The second kappa shape index (κ2) is 5.85. The number of rotatable bonds is 5. The van der Waals surface area contributed by atoms with Gasteiger partial charge in [0.25, 0.3) is 11.9 Å². The number of carbonyl (C=O) groups is 1. The number of aliphatic imine (C=N–C) groups is 1. The van der Waals surface area contributed by atoms with E-state index in [0.717, 1.165) is 12.6 Å². The zero-order valence-electron chi connectivity index (χ0n) is 14.9. The van der Waals surface area contributed by atoms with Crippen molar-refractivity contribution in [2.45, 2.75) is 18.6 Å². The van der Waals surface area contributed by atoms with Gasteiger partial charge in [-0.05, 0) is 36.8 Å². The maximum atomic E-state index is 14.6. The minimum Gasteiger partial charge on any atom is -0.465 e. The van der Waals surface area contributed by atoms with E-state index < -0.39 is 23.9 Å². The van der Waals surface area contributed by atoms with E-state index in [9.17, 15) is 18.0 Å². The van der Waals surface area contributed by atoms with Crippen LogP contribution in [-0.4, -0.2) is 30.1 Å². The zero-order chi connectivity index (χ0) is 20.4. The number of alkyl halides is 2. The Balaban J connectivity index is 1.38. The fourth-order valence-electron chi connectivity index (χ4n) is 4.30. The molecule has 0 radical (unpaired) electrons. The van der Waals surface area contributed by atoms with Crippen molar-refractivity contribution in [2.24, 2.45) is 22.1 Å². The number of nitrogens with one attached hydrogen (secondary N) is 1. The van der Waals surface area contributed by atoms with Gasteiger partial charge in [-0.2, -0.15) is 8.78 Å². The predicted octanol–water partition coefficient (Wildman–Crippen LogP) is 2.63. The molecule has 1 aliphatic heterocycles. The van der Waals surface area contributed by atoms with Crippen LogP contribution in [0.1, 0.15) is 22.5 Å². The molecular weight excluding hydrogens is 389 g/mol. The van der Waals surface area contributed by atoms with E-state index in [1.165, 1.54) is 30.3 Å². The molecule has 0 saturated heterocycles. The Bertz CT molecular complexity index is 1050. The minimum atomic E-state index is -2.98. The van der Waals surface area contributed by atoms with Gasteiger partial charge in [0.15, 0.2) is 0 Å². The lowest BCUT2D eigenvalue weighted by Gasteiger charge is -2.29. The lowest BCUT2D eigenvalue weighted by Crippen LogP contribution is -2.35. The molecule has 2 heterocycles. The maximum Gasteiger partial charge on any atom is 0.387 e. The van der Waals surface area contributed by atoms with Gasteiger partial charge in [0.05, 0.1) is 6.20 Å². The van der Waals surface area contributed by atoms with Crippen LogP contribution < -0.4 is 15.8 Å². The van der Waals surface area contributed by atoms with Crippen LogP contribution in [-0.2, 0) is 10.3 Å². The van der Waals surface area contributed by atoms with Gasteiger partial charge in [-0.3, -0.25) is 4.79 Å². The monoisotopic (exact) mass is 404 g/mol. The largest absolute Gasteiger partial charge is 0.465 e. The molecule has 3 N–H and O–H groups in total. The first-order valence-corrected chi connectivity index (χ1v) is 8.86. The number of halogens is 3. The first-order chi connectivity index (χ1) is 13.9. The van der Waals surface area contributed by atoms with Crippen molar-refractivity contribution in [3.8, 4) is 5.75 Å². The van der Waals surface area contributed by atoms with Crippen molar-refractivity contribution in [2.75, 3.05) is 11.9 Å². The van der Waals surface area contributed by atoms with Crippen molar-refractivity contribution in [1.82, 2.24) is 4.98 Å². The van der Waals surface area contributed by atoms with Gasteiger partial charge in [0.1, 0.15) is 29.4 Å². The molecule has 150 valence electrons. The van der Waals surface area contributed by atoms with E-state index in [0.29, 0.717) is 17.9 Å². The number of anilines is 1. The third kappa shape index (κ3) is 2.55. The lowest BCUT2D eigenvalue weighted by molar-refractivity contribution is -0.0500. The highest BCUT2D eigenvalue weighted by Gasteiger charge is 2.92. The molecule has 2 unspecified atom stereocenters. The number of pyridine rings is 1. The average Bonchev–Trinajstić information content (AvgIpc) is 3.54. The van der Waals surface area contributed by atoms with Crippen LogP contribution >= 0.6 is 0 Å². The SMILES string of the molecule is NC1=N[C@@]2(c3cc(NC(=O)c4ccc(OC(F)F)cn4)ccc3F)C3CC32CO1. The number of carbonyl (C=O) groups excluding carboxylic acids is 1. The van der Waals surface area contributed by atoms with Crippen molar-refractivity contribution < 1.29 is 27.4 Å². The Labute approximate surface area is 162 Å². The van der Waals surface area contributed by atoms with E-state index in [-0.39, 0.29) is 28.8 Å². The standard InChI is InChI=1S/C19H15F3N4O3/c20-12-3-1-9(25-15(27)13-4-2-10(7-24-13)29-16(21)22)5-11(12)19-14-6-18(14,19)8-28-17(23)26-19/h1-5,7,14,16H,6,8H2,(H2,23,26)(H,25,27)/t14?,18?,19-/m0/s1. The number of nitrogens with zero attached hydrogens (tertiary/aromatic N) is 2. The highest BCUT2D eigenvalue weighted by Crippen LogP contribution is 2.89. The molecular formula is C19H15F3N4O3. The smallest absolute Gasteiger partial charge is 0.387 e. The number of nitrogens with two attached hydrogens (primary N) is 1. The van der Waals surface area contributed by atoms with E-state index >= 15 is 0 Å². The van der Waals surface area contributed by atoms with Gasteiger partial charge >= 0.3 is 6.61 Å². The number of hydrogen-bond donors (Lipinski definition) is 2. The number of fused-ring (bicyclic) bond motifs is 1. The third-order valence-corrected chi connectivity index (χ3v) is 5.85. The number of aromatic nitrogens is 1. The molecule has 7 nitrogen and oxygen atoms in total. The topological polar surface area (TPSA) is 98.8 Å². The fourth-order valence-corrected chi connectivity index (χ4v) is 4.30. The van der Waals surface area contributed by atoms with Gasteiger partial charge in [-0.1, -0.05) is 0 Å². The van der Waals surface area contributed by atoms with Crippen molar-refractivity contribution in [1.29, 1.82) is 0 Å². The highest BCUT2D eigenvalue weighted by molar-refractivity contribution is 6.03. The summed E-state index contributed by atoms with van der Waals surface area (Å²) < 4.78 is 48.5. The molecule has 29 heavy (non-hydrogen) atoms. The second-order valence-corrected chi connectivity index (χ2v) is 7.32. The van der Waals surface area contributed by atoms with E-state index in [1.807, 2.05) is 0 Å². The summed E-state index contributed by atoms with van der Waals surface area (Å²) >= 11 is 0. The molecule has 2 aliphatic carbocycles. The van der Waals surface area contributed by atoms with Crippen LogP contribution in [0.4, 0.5) is 18.9 Å². The Hall–Kier alpha value is -3.30. The van der Waals surface area contributed by atoms with Crippen LogP contribution in [0.15, 0.2) is 41.5 Å². The zero-order valence-corrected chi connectivity index (χ0v) is 14.9. The first kappa shape index (κ1) is 17.8. The molecule has 3 atom stereocenters. The molecule has 1 amide bonds. The number of hydrogen-bond acceptors (Lipinski definition) is 6. The van der Waals surface area contributed by atoms with Gasteiger partial charge < -0.3 is 20.5 Å². The molecule has 2 fully saturated rings. The summed E-state index contributed by atoms with van der Waals surface area (Å²) in [5.74, 6) is -0.984. The van der Waals surface area contributed by atoms with Crippen LogP contribution in [0.25, 0.3) is 0 Å². The number of amidine groups is 1. The molecule has 10 heteroatoms. The summed E-state index contributed by atoms with van der Waals surface area (Å²) in [6.07, 6.45) is 1.92. The van der Waals surface area contributed by atoms with Gasteiger partial charge in [-0.25, -0.2) is 14.4 Å². The van der Waals surface area contributed by atoms with Crippen LogP contribution in [0.5, 0.6) is 5.75 Å². The molecule has 1 spiro atoms. The fraction of sp³-hybridized carbons (Fsp3) is 0.316. The second-order valence-electron chi connectivity index (χ2n) is 7.32. The Morgan fingerprint density at radius 3 is 2.86 bits per heavy atom. The summed E-state index contributed by atoms with van der Waals surface area (Å²) in [6.45, 7) is -2.58. The Morgan fingerprint density at radius 2 is 2.17 bits per heavy atom. The molecule has 3 aliphatic rings. The highest BCUT2D eigenvalue weighted by atomic mass is 19.3. The molecule has 2 aromatic rings. The quantitative estimate of drug-likeness (QED) is 0.798. The molecule has 1 aromatic carbocycles. The van der Waals surface area contributed by atoms with Gasteiger partial charge in [0.2, 0.25) is 0 Å². The third-order valence-electron chi connectivity index (χ3n) is 5.85. The van der Waals surface area contributed by atoms with Crippen LogP contribution in [0.3, 0.4) is 0 Å². The lowest BCUT2D eigenvalue weighted by atomic mass is 9.88. The number of amides is 1. The predicted molar refractivity (Wildman–Crippen MR) is 95.0 cm³/mol. The molecule has 1 aromatic heterocycles. The van der Waals surface area contributed by atoms with Gasteiger partial charge in [0, 0.05) is 22.6 Å². The number of ether oxygens (including phenoxy) is 2. The summed E-state index contributed by atoms with van der Waals surface area (Å²) in [6, 6.07) is 6.73. The molecule has 5 rings (SSSR count). The molecule has 2 saturated carbocycles. The maximum absolute atomic E-state index is 14.6. The average molecular weight is 404 g/mol. The van der Waals surface area contributed by atoms with Crippen LogP contribution in [0.2, 0.25) is 0 Å². The van der Waals surface area contributed by atoms with Crippen LogP contribution in [0, 0.1) is 17.2 Å². The van der Waals surface area contributed by atoms with Crippen molar-refractivity contribution in [3.05, 3.63) is 53.6 Å². The minimum absolute atomic E-state index is 0.00488. The van der Waals surface area contributed by atoms with E-state index in [2.05, 4.69) is 20.0 Å². The number of benzene rings is 1. The Kier molecular flexibility index (Phi) is 3.59. The normalized spacial score (nSPS) is 28.6. The van der Waals surface area contributed by atoms with Crippen molar-refractivity contribution in [3.63, 3.8) is 0 Å². The summed E-state index contributed by atoms with van der Waals surface area (Å²) in [5, 5.41) is 2.63. The van der Waals surface area contributed by atoms with E-state index in [4.69, 9.17) is 10.5 Å². The molecule has 0 bridgehead atoms. The van der Waals surface area contributed by atoms with Gasteiger partial charge in [-0.15, -0.1) is 0 Å².